The van der Waals surface area contributed by atoms with Gasteiger partial charge in [-0.1, -0.05) is 20.3 Å². The second-order valence-electron chi connectivity index (χ2n) is 6.06. The number of nitrogens with one attached hydrogen (secondary N) is 1. The summed E-state index contributed by atoms with van der Waals surface area (Å²) in [5, 5.41) is 3.60. The average molecular weight is 225 g/mol. The molecule has 1 saturated heterocycles. The number of hydrogen-bond donors (Lipinski definition) is 1. The van der Waals surface area contributed by atoms with E-state index < -0.39 is 0 Å². The molecule has 1 saturated carbocycles. The van der Waals surface area contributed by atoms with E-state index in [0.717, 1.165) is 6.61 Å². The van der Waals surface area contributed by atoms with Crippen LogP contribution in [0.1, 0.15) is 58.8 Å². The van der Waals surface area contributed by atoms with Crippen LogP contribution in [0.4, 0.5) is 0 Å². The van der Waals surface area contributed by atoms with Crippen LogP contribution in [0.25, 0.3) is 0 Å². The van der Waals surface area contributed by atoms with Gasteiger partial charge in [0.05, 0.1) is 6.10 Å². The van der Waals surface area contributed by atoms with Crippen LogP contribution in [0.15, 0.2) is 0 Å². The fraction of sp³-hybridized carbons (Fsp3) is 1.00. The summed E-state index contributed by atoms with van der Waals surface area (Å²) in [6, 6.07) is 0.635. The molecule has 2 rings (SSSR count). The van der Waals surface area contributed by atoms with E-state index in [1.165, 1.54) is 51.5 Å². The Hall–Kier alpha value is -0.0800. The summed E-state index contributed by atoms with van der Waals surface area (Å²) >= 11 is 0. The van der Waals surface area contributed by atoms with Crippen molar-refractivity contribution in [3.8, 4) is 0 Å². The standard InChI is InChI=1S/C14H27NO/c1-12(2)15-11-14(8-9-14)7-3-5-13-6-4-10-16-13/h12-13,15H,3-11H2,1-2H3. The Morgan fingerprint density at radius 2 is 2.19 bits per heavy atom. The first-order valence-electron chi connectivity index (χ1n) is 7.05. The molecule has 1 aliphatic heterocycles. The maximum absolute atomic E-state index is 5.67. The summed E-state index contributed by atoms with van der Waals surface area (Å²) in [6.07, 6.45) is 10.1. The Kier molecular flexibility index (Phi) is 4.26. The maximum atomic E-state index is 5.67. The predicted octanol–water partition coefficient (Wildman–Crippen LogP) is 3.11. The van der Waals surface area contributed by atoms with Crippen molar-refractivity contribution in [3.05, 3.63) is 0 Å². The molecule has 0 aromatic carbocycles. The average Bonchev–Trinajstić information content (AvgIpc) is 2.82. The maximum Gasteiger partial charge on any atom is 0.0576 e. The van der Waals surface area contributed by atoms with Crippen molar-refractivity contribution in [1.29, 1.82) is 0 Å². The first kappa shape index (κ1) is 12.4. The molecule has 1 unspecified atom stereocenters. The van der Waals surface area contributed by atoms with Gasteiger partial charge in [-0.15, -0.1) is 0 Å². The molecule has 1 N–H and O–H groups in total. The molecule has 0 radical (unpaired) electrons. The van der Waals surface area contributed by atoms with Gasteiger partial charge in [0.2, 0.25) is 0 Å². The lowest BCUT2D eigenvalue weighted by Crippen LogP contribution is -2.30. The Morgan fingerprint density at radius 3 is 2.75 bits per heavy atom. The Balaban J connectivity index is 1.57. The molecule has 1 atom stereocenters. The number of ether oxygens (including phenoxy) is 1. The Morgan fingerprint density at radius 1 is 1.38 bits per heavy atom. The van der Waals surface area contributed by atoms with Crippen molar-refractivity contribution >= 4 is 0 Å². The van der Waals surface area contributed by atoms with E-state index in [4.69, 9.17) is 4.74 Å². The largest absolute Gasteiger partial charge is 0.378 e. The van der Waals surface area contributed by atoms with Crippen molar-refractivity contribution < 1.29 is 4.74 Å². The van der Waals surface area contributed by atoms with Gasteiger partial charge in [0, 0.05) is 19.2 Å². The molecule has 0 spiro atoms. The zero-order valence-corrected chi connectivity index (χ0v) is 10.9. The van der Waals surface area contributed by atoms with Crippen LogP contribution < -0.4 is 5.32 Å². The molecular weight excluding hydrogens is 198 g/mol. The highest BCUT2D eigenvalue weighted by atomic mass is 16.5. The molecule has 94 valence electrons. The molecule has 2 fully saturated rings. The highest BCUT2D eigenvalue weighted by Gasteiger charge is 2.41. The van der Waals surface area contributed by atoms with Crippen molar-refractivity contribution in [2.45, 2.75) is 70.9 Å². The third-order valence-electron chi connectivity index (χ3n) is 4.10. The van der Waals surface area contributed by atoms with Gasteiger partial charge in [0.1, 0.15) is 0 Å². The van der Waals surface area contributed by atoms with E-state index in [0.29, 0.717) is 17.6 Å². The van der Waals surface area contributed by atoms with Gasteiger partial charge < -0.3 is 10.1 Å². The van der Waals surface area contributed by atoms with E-state index >= 15 is 0 Å². The van der Waals surface area contributed by atoms with E-state index in [1.807, 2.05) is 0 Å². The fourth-order valence-corrected chi connectivity index (χ4v) is 2.69. The molecule has 0 aromatic rings. The van der Waals surface area contributed by atoms with Gasteiger partial charge in [0.25, 0.3) is 0 Å². The second-order valence-corrected chi connectivity index (χ2v) is 6.06. The lowest BCUT2D eigenvalue weighted by atomic mass is 9.97. The summed E-state index contributed by atoms with van der Waals surface area (Å²) in [6.45, 7) is 6.71. The molecular formula is C14H27NO. The van der Waals surface area contributed by atoms with E-state index in [-0.39, 0.29) is 0 Å². The van der Waals surface area contributed by atoms with Gasteiger partial charge in [-0.25, -0.2) is 0 Å². The SMILES string of the molecule is CC(C)NCC1(CCCC2CCCO2)CC1. The fourth-order valence-electron chi connectivity index (χ4n) is 2.69. The summed E-state index contributed by atoms with van der Waals surface area (Å²) in [4.78, 5) is 0. The molecule has 2 heteroatoms. The first-order valence-corrected chi connectivity index (χ1v) is 7.05. The molecule has 1 heterocycles. The van der Waals surface area contributed by atoms with Gasteiger partial charge in [-0.05, 0) is 43.9 Å². The van der Waals surface area contributed by atoms with Crippen molar-refractivity contribution in [2.75, 3.05) is 13.2 Å². The Bertz CT molecular complexity index is 205. The number of hydrogen-bond acceptors (Lipinski definition) is 2. The predicted molar refractivity (Wildman–Crippen MR) is 67.6 cm³/mol. The summed E-state index contributed by atoms with van der Waals surface area (Å²) in [5.41, 5.74) is 0.670. The molecule has 0 amide bonds. The van der Waals surface area contributed by atoms with Crippen LogP contribution in [-0.4, -0.2) is 25.3 Å². The van der Waals surface area contributed by atoms with Gasteiger partial charge >= 0.3 is 0 Å². The van der Waals surface area contributed by atoms with Crippen LogP contribution in [-0.2, 0) is 4.74 Å². The van der Waals surface area contributed by atoms with E-state index in [2.05, 4.69) is 19.2 Å². The van der Waals surface area contributed by atoms with Gasteiger partial charge in [-0.3, -0.25) is 0 Å². The molecule has 0 bridgehead atoms. The van der Waals surface area contributed by atoms with Crippen LogP contribution in [0.3, 0.4) is 0 Å². The topological polar surface area (TPSA) is 21.3 Å². The van der Waals surface area contributed by atoms with Crippen LogP contribution in [0, 0.1) is 5.41 Å². The Labute approximate surface area is 100 Å². The lowest BCUT2D eigenvalue weighted by Gasteiger charge is -2.18. The zero-order valence-electron chi connectivity index (χ0n) is 10.9. The van der Waals surface area contributed by atoms with Crippen LogP contribution in [0.5, 0.6) is 0 Å². The molecule has 16 heavy (non-hydrogen) atoms. The van der Waals surface area contributed by atoms with Crippen molar-refractivity contribution in [3.63, 3.8) is 0 Å². The quantitative estimate of drug-likeness (QED) is 0.719. The minimum Gasteiger partial charge on any atom is -0.378 e. The highest BCUT2D eigenvalue weighted by Crippen LogP contribution is 2.49. The highest BCUT2D eigenvalue weighted by molar-refractivity contribution is 4.95. The third-order valence-corrected chi connectivity index (χ3v) is 4.10. The first-order chi connectivity index (χ1) is 7.70. The van der Waals surface area contributed by atoms with Crippen LogP contribution >= 0.6 is 0 Å². The molecule has 0 aromatic heterocycles. The number of rotatable bonds is 7. The second kappa shape index (κ2) is 5.50. The van der Waals surface area contributed by atoms with Crippen molar-refractivity contribution in [2.24, 2.45) is 5.41 Å². The van der Waals surface area contributed by atoms with E-state index in [1.54, 1.807) is 0 Å². The summed E-state index contributed by atoms with van der Waals surface area (Å²) in [7, 11) is 0. The molecule has 1 aliphatic carbocycles. The van der Waals surface area contributed by atoms with Crippen molar-refractivity contribution in [1.82, 2.24) is 5.32 Å². The van der Waals surface area contributed by atoms with Gasteiger partial charge in [-0.2, -0.15) is 0 Å². The summed E-state index contributed by atoms with van der Waals surface area (Å²) in [5.74, 6) is 0. The van der Waals surface area contributed by atoms with Crippen LogP contribution in [0.2, 0.25) is 0 Å². The minimum absolute atomic E-state index is 0.592. The summed E-state index contributed by atoms with van der Waals surface area (Å²) < 4.78 is 5.67. The molecule has 2 nitrogen and oxygen atoms in total. The van der Waals surface area contributed by atoms with E-state index in [9.17, 15) is 0 Å². The third kappa shape index (κ3) is 3.74. The van der Waals surface area contributed by atoms with Gasteiger partial charge in [0.15, 0.2) is 0 Å². The smallest absolute Gasteiger partial charge is 0.0576 e. The minimum atomic E-state index is 0.592. The monoisotopic (exact) mass is 225 g/mol. The zero-order chi connectivity index (χ0) is 11.4. The molecule has 2 aliphatic rings. The lowest BCUT2D eigenvalue weighted by molar-refractivity contribution is 0.100. The normalized spacial score (nSPS) is 27.6.